The number of rotatable bonds is 5. The van der Waals surface area contributed by atoms with Crippen LogP contribution in [-0.4, -0.2) is 36.5 Å². The average Bonchev–Trinajstić information content (AvgIpc) is 3.12. The first-order chi connectivity index (χ1) is 12.7. The quantitative estimate of drug-likeness (QED) is 0.297. The fourth-order valence-electron chi connectivity index (χ4n) is 2.43. The van der Waals surface area contributed by atoms with Gasteiger partial charge in [0, 0.05) is 10.6 Å². The number of Topliss-reactive ketones (excluding diaryl/α,β-unsaturated/α-hetero) is 1. The molecule has 0 unspecified atom stereocenters. The van der Waals surface area contributed by atoms with Crippen LogP contribution in [0.5, 0.6) is 0 Å². The van der Waals surface area contributed by atoms with E-state index in [-0.39, 0.29) is 11.5 Å². The second kappa shape index (κ2) is 7.23. The van der Waals surface area contributed by atoms with Crippen molar-refractivity contribution < 1.29 is 4.79 Å². The van der Waals surface area contributed by atoms with Crippen LogP contribution in [0.4, 0.5) is 0 Å². The number of para-hydroxylation sites is 1. The Bertz CT molecular complexity index is 1070. The van der Waals surface area contributed by atoms with E-state index >= 15 is 0 Å². The Labute approximate surface area is 158 Å². The molecule has 4 aromatic rings. The Morgan fingerprint density at radius 1 is 1.04 bits per heavy atom. The zero-order valence-corrected chi connectivity index (χ0v) is 15.0. The molecule has 0 radical (unpaired) electrons. The SMILES string of the molecule is O=C(CSc1ncnc2c1nnn2-c1ccccc1)c1ccc(Cl)cc1. The van der Waals surface area contributed by atoms with Crippen LogP contribution in [0.2, 0.25) is 5.02 Å². The standard InChI is InChI=1S/C18H12ClN5OS/c19-13-8-6-12(7-9-13)15(25)10-26-18-16-17(20-11-21-18)24(23-22-16)14-4-2-1-3-5-14/h1-9,11H,10H2. The lowest BCUT2D eigenvalue weighted by atomic mass is 10.1. The van der Waals surface area contributed by atoms with Crippen LogP contribution in [0, 0.1) is 0 Å². The highest BCUT2D eigenvalue weighted by atomic mass is 35.5. The molecule has 2 aromatic carbocycles. The number of fused-ring (bicyclic) bond motifs is 1. The van der Waals surface area contributed by atoms with Crippen molar-refractivity contribution >= 4 is 40.3 Å². The summed E-state index contributed by atoms with van der Waals surface area (Å²) in [6.45, 7) is 0. The lowest BCUT2D eigenvalue weighted by Crippen LogP contribution is -2.02. The van der Waals surface area contributed by atoms with Crippen LogP contribution >= 0.6 is 23.4 Å². The maximum atomic E-state index is 12.3. The minimum atomic E-state index is -0.00567. The second-order valence-electron chi connectivity index (χ2n) is 5.41. The molecule has 8 heteroatoms. The summed E-state index contributed by atoms with van der Waals surface area (Å²) in [5.41, 5.74) is 2.65. The zero-order chi connectivity index (χ0) is 17.9. The molecule has 26 heavy (non-hydrogen) atoms. The third kappa shape index (κ3) is 3.31. The molecule has 6 nitrogen and oxygen atoms in total. The van der Waals surface area contributed by atoms with Crippen LogP contribution in [0.3, 0.4) is 0 Å². The molecule has 0 spiro atoms. The number of halogens is 1. The van der Waals surface area contributed by atoms with Crippen LogP contribution in [0.1, 0.15) is 10.4 Å². The minimum Gasteiger partial charge on any atom is -0.293 e. The molecular formula is C18H12ClN5OS. The zero-order valence-electron chi connectivity index (χ0n) is 13.4. The Morgan fingerprint density at radius 3 is 2.58 bits per heavy atom. The Morgan fingerprint density at radius 2 is 1.81 bits per heavy atom. The van der Waals surface area contributed by atoms with E-state index in [4.69, 9.17) is 11.6 Å². The monoisotopic (exact) mass is 381 g/mol. The predicted octanol–water partition coefficient (Wildman–Crippen LogP) is 3.84. The highest BCUT2D eigenvalue weighted by Crippen LogP contribution is 2.24. The smallest absolute Gasteiger partial charge is 0.187 e. The van der Waals surface area contributed by atoms with Crippen molar-refractivity contribution in [1.82, 2.24) is 25.0 Å². The maximum absolute atomic E-state index is 12.3. The summed E-state index contributed by atoms with van der Waals surface area (Å²) in [7, 11) is 0. The van der Waals surface area contributed by atoms with Crippen LogP contribution in [-0.2, 0) is 0 Å². The molecule has 0 saturated heterocycles. The van der Waals surface area contributed by atoms with Gasteiger partial charge in [0.1, 0.15) is 11.4 Å². The highest BCUT2D eigenvalue weighted by molar-refractivity contribution is 8.00. The molecule has 4 rings (SSSR count). The van der Waals surface area contributed by atoms with Gasteiger partial charge in [-0.25, -0.2) is 9.97 Å². The van der Waals surface area contributed by atoms with Crippen molar-refractivity contribution in [2.75, 3.05) is 5.75 Å². The number of aromatic nitrogens is 5. The van der Waals surface area contributed by atoms with Gasteiger partial charge in [-0.2, -0.15) is 4.68 Å². The summed E-state index contributed by atoms with van der Waals surface area (Å²) < 4.78 is 1.65. The first-order valence-electron chi connectivity index (χ1n) is 7.76. The number of carbonyl (C=O) groups excluding carboxylic acids is 1. The molecule has 0 bridgehead atoms. The van der Waals surface area contributed by atoms with Crippen molar-refractivity contribution in [3.05, 3.63) is 71.5 Å². The van der Waals surface area contributed by atoms with Gasteiger partial charge in [0.15, 0.2) is 16.9 Å². The molecule has 0 aliphatic rings. The van der Waals surface area contributed by atoms with Crippen molar-refractivity contribution in [3.8, 4) is 5.69 Å². The van der Waals surface area contributed by atoms with Crippen LogP contribution in [0.25, 0.3) is 16.9 Å². The molecule has 2 aromatic heterocycles. The number of hydrogen-bond acceptors (Lipinski definition) is 6. The lowest BCUT2D eigenvalue weighted by Gasteiger charge is -2.03. The molecule has 128 valence electrons. The maximum Gasteiger partial charge on any atom is 0.187 e. The van der Waals surface area contributed by atoms with Crippen molar-refractivity contribution in [3.63, 3.8) is 0 Å². The topological polar surface area (TPSA) is 73.6 Å². The van der Waals surface area contributed by atoms with E-state index in [1.54, 1.807) is 28.9 Å². The van der Waals surface area contributed by atoms with Gasteiger partial charge in [0.2, 0.25) is 0 Å². The van der Waals surface area contributed by atoms with E-state index in [1.807, 2.05) is 30.3 Å². The molecule has 0 aliphatic heterocycles. The molecule has 0 aliphatic carbocycles. The van der Waals surface area contributed by atoms with Gasteiger partial charge in [-0.3, -0.25) is 4.79 Å². The van der Waals surface area contributed by atoms with Crippen LogP contribution in [0.15, 0.2) is 66.0 Å². The third-order valence-corrected chi connectivity index (χ3v) is 4.94. The van der Waals surface area contributed by atoms with E-state index in [0.717, 1.165) is 5.69 Å². The first kappa shape index (κ1) is 16.7. The van der Waals surface area contributed by atoms with Gasteiger partial charge in [0.05, 0.1) is 11.4 Å². The summed E-state index contributed by atoms with van der Waals surface area (Å²) in [5, 5.41) is 9.59. The molecular weight excluding hydrogens is 370 g/mol. The number of benzene rings is 2. The summed E-state index contributed by atoms with van der Waals surface area (Å²) >= 11 is 7.17. The first-order valence-corrected chi connectivity index (χ1v) is 9.12. The van der Waals surface area contributed by atoms with Gasteiger partial charge in [-0.15, -0.1) is 5.10 Å². The Balaban J connectivity index is 1.58. The second-order valence-corrected chi connectivity index (χ2v) is 6.81. The summed E-state index contributed by atoms with van der Waals surface area (Å²) in [6.07, 6.45) is 1.46. The number of carbonyl (C=O) groups is 1. The number of ketones is 1. The fraction of sp³-hybridized carbons (Fsp3) is 0.0556. The van der Waals surface area contributed by atoms with Gasteiger partial charge in [0.25, 0.3) is 0 Å². The molecule has 0 N–H and O–H groups in total. The van der Waals surface area contributed by atoms with Crippen LogP contribution < -0.4 is 0 Å². The molecule has 0 amide bonds. The van der Waals surface area contributed by atoms with E-state index in [1.165, 1.54) is 18.1 Å². The van der Waals surface area contributed by atoms with E-state index in [0.29, 0.717) is 26.8 Å². The van der Waals surface area contributed by atoms with Gasteiger partial charge >= 0.3 is 0 Å². The predicted molar refractivity (Wildman–Crippen MR) is 101 cm³/mol. The largest absolute Gasteiger partial charge is 0.293 e. The Hall–Kier alpha value is -2.77. The van der Waals surface area contributed by atoms with E-state index in [2.05, 4.69) is 20.3 Å². The number of nitrogens with zero attached hydrogens (tertiary/aromatic N) is 5. The lowest BCUT2D eigenvalue weighted by molar-refractivity contribution is 0.102. The third-order valence-electron chi connectivity index (χ3n) is 3.71. The summed E-state index contributed by atoms with van der Waals surface area (Å²) in [6, 6.07) is 16.5. The van der Waals surface area contributed by atoms with Crippen molar-refractivity contribution in [2.24, 2.45) is 0 Å². The van der Waals surface area contributed by atoms with Gasteiger partial charge in [-0.05, 0) is 36.4 Å². The Kier molecular flexibility index (Phi) is 4.64. The van der Waals surface area contributed by atoms with Crippen molar-refractivity contribution in [1.29, 1.82) is 0 Å². The average molecular weight is 382 g/mol. The normalized spacial score (nSPS) is 11.0. The van der Waals surface area contributed by atoms with Gasteiger partial charge in [-0.1, -0.05) is 46.8 Å². The van der Waals surface area contributed by atoms with Gasteiger partial charge < -0.3 is 0 Å². The highest BCUT2D eigenvalue weighted by Gasteiger charge is 2.15. The molecule has 0 fully saturated rings. The number of hydrogen-bond donors (Lipinski definition) is 0. The molecule has 0 saturated carbocycles. The van der Waals surface area contributed by atoms with Crippen molar-refractivity contribution in [2.45, 2.75) is 5.03 Å². The molecule has 2 heterocycles. The number of thioether (sulfide) groups is 1. The van der Waals surface area contributed by atoms with E-state index in [9.17, 15) is 4.79 Å². The molecule has 0 atom stereocenters. The summed E-state index contributed by atoms with van der Waals surface area (Å²) in [4.78, 5) is 20.9. The van der Waals surface area contributed by atoms with E-state index < -0.39 is 0 Å². The summed E-state index contributed by atoms with van der Waals surface area (Å²) in [5.74, 6) is 0.236. The fourth-order valence-corrected chi connectivity index (χ4v) is 3.38. The minimum absolute atomic E-state index is 0.00567.